The molecule has 1 aromatic heterocycles. The van der Waals surface area contributed by atoms with E-state index in [0.29, 0.717) is 0 Å². The van der Waals surface area contributed by atoms with Crippen molar-refractivity contribution in [2.24, 2.45) is 0 Å². The lowest BCUT2D eigenvalue weighted by Crippen LogP contribution is -2.32. The predicted octanol–water partition coefficient (Wildman–Crippen LogP) is 19.5. The molecule has 0 unspecified atom stereocenters. The molecule has 75 heavy (non-hydrogen) atoms. The molecule has 12 aromatic carbocycles. The topological polar surface area (TPSA) is 25.6 Å². The van der Waals surface area contributed by atoms with Crippen LogP contribution in [0.5, 0.6) is 11.5 Å². The molecule has 0 fully saturated rings. The number of para-hydroxylation sites is 1. The Hall–Kier alpha value is -9.44. The summed E-state index contributed by atoms with van der Waals surface area (Å²) in [5.41, 5.74) is 21.5. The molecule has 2 aliphatic carbocycles. The lowest BCUT2D eigenvalue weighted by molar-refractivity contribution is 0.447. The van der Waals surface area contributed by atoms with Crippen molar-refractivity contribution in [1.29, 1.82) is 0 Å². The number of hydrogen-bond donors (Lipinski definition) is 0. The molecule has 0 bridgehead atoms. The van der Waals surface area contributed by atoms with E-state index in [0.717, 1.165) is 105 Å². The van der Waals surface area contributed by atoms with Gasteiger partial charge in [0.15, 0.2) is 0 Å². The second-order valence-electron chi connectivity index (χ2n) is 21.1. The zero-order chi connectivity index (χ0) is 49.6. The summed E-state index contributed by atoms with van der Waals surface area (Å²) in [5.74, 6) is 1.84. The lowest BCUT2D eigenvalue weighted by atomic mass is 9.65. The van der Waals surface area contributed by atoms with E-state index in [4.69, 9.17) is 9.15 Å². The molecule has 1 aliphatic heterocycles. The highest BCUT2D eigenvalue weighted by Crippen LogP contribution is 2.64. The minimum atomic E-state index is -0.645. The Morgan fingerprint density at radius 3 is 1.60 bits per heavy atom. The first-order valence-electron chi connectivity index (χ1n) is 26.1. The van der Waals surface area contributed by atoms with Gasteiger partial charge in [-0.1, -0.05) is 202 Å². The zero-order valence-electron chi connectivity index (χ0n) is 41.4. The van der Waals surface area contributed by atoms with Crippen molar-refractivity contribution in [2.45, 2.75) is 24.7 Å². The Morgan fingerprint density at radius 2 is 0.840 bits per heavy atom. The van der Waals surface area contributed by atoms with E-state index < -0.39 is 5.41 Å². The van der Waals surface area contributed by atoms with Crippen molar-refractivity contribution in [3.05, 3.63) is 282 Å². The molecule has 3 nitrogen and oxygen atoms in total. The fourth-order valence-electron chi connectivity index (χ4n) is 13.4. The number of benzene rings is 12. The standard InChI is InChI=1S/C72H47NO2/c1-71(2)61-23-10-7-21-56(61)60-43-52(34-39-62(60)71)73(50-32-26-44(27-33-50)49-29-36-59-58-22-9-12-25-67(58)74-68(59)42-49)51-17-13-16-47(40-51)48-28-35-57-55-20-8-11-24-63(55)72(66(57)41-48)64-37-30-45-14-3-5-18-53(45)69(64)75-70-54-19-6-4-15-46(54)31-38-65(70)72/h3-43H,1-2H3. The van der Waals surface area contributed by atoms with E-state index in [2.05, 4.69) is 255 Å². The van der Waals surface area contributed by atoms with Crippen LogP contribution in [-0.4, -0.2) is 0 Å². The van der Waals surface area contributed by atoms with E-state index in [-0.39, 0.29) is 5.41 Å². The SMILES string of the molecule is CC1(C)c2ccccc2-c2cc(N(c3ccc(-c4ccc5c(c4)oc4ccccc45)cc3)c3cccc(-c4ccc5c(c4)C4(c6ccccc6-5)c5ccc6ccccc6c5Oc5c4ccc4ccccc54)c3)ccc21. The van der Waals surface area contributed by atoms with Gasteiger partial charge in [-0.2, -0.15) is 0 Å². The fraction of sp³-hybridized carbons (Fsp3) is 0.0556. The Kier molecular flexibility index (Phi) is 8.72. The van der Waals surface area contributed by atoms with Gasteiger partial charge >= 0.3 is 0 Å². The molecule has 352 valence electrons. The number of ether oxygens (including phenoxy) is 1. The highest BCUT2D eigenvalue weighted by Gasteiger charge is 2.52. The maximum absolute atomic E-state index is 7.27. The fourth-order valence-corrected chi connectivity index (χ4v) is 13.4. The van der Waals surface area contributed by atoms with Crippen LogP contribution in [0.15, 0.2) is 253 Å². The molecule has 3 heteroatoms. The van der Waals surface area contributed by atoms with Crippen molar-refractivity contribution in [2.75, 3.05) is 4.90 Å². The highest BCUT2D eigenvalue weighted by atomic mass is 16.5. The number of fused-ring (bicyclic) bond motifs is 19. The van der Waals surface area contributed by atoms with E-state index in [1.165, 1.54) is 44.5 Å². The third-order valence-electron chi connectivity index (χ3n) is 16.9. The third-order valence-corrected chi connectivity index (χ3v) is 16.9. The van der Waals surface area contributed by atoms with Crippen LogP contribution in [0.3, 0.4) is 0 Å². The summed E-state index contributed by atoms with van der Waals surface area (Å²) in [4.78, 5) is 2.43. The van der Waals surface area contributed by atoms with Crippen LogP contribution in [0, 0.1) is 0 Å². The molecule has 0 saturated carbocycles. The second kappa shape index (κ2) is 15.5. The van der Waals surface area contributed by atoms with Crippen LogP contribution >= 0.6 is 0 Å². The monoisotopic (exact) mass is 957 g/mol. The first kappa shape index (κ1) is 42.1. The predicted molar refractivity (Wildman–Crippen MR) is 309 cm³/mol. The molecule has 1 spiro atoms. The Bertz CT molecular complexity index is 4470. The summed E-state index contributed by atoms with van der Waals surface area (Å²) in [5, 5.41) is 6.81. The first-order chi connectivity index (χ1) is 36.9. The van der Waals surface area contributed by atoms with Gasteiger partial charge < -0.3 is 14.1 Å². The molecule has 16 rings (SSSR count). The molecule has 0 N–H and O–H groups in total. The maximum atomic E-state index is 7.27. The Morgan fingerprint density at radius 1 is 0.307 bits per heavy atom. The normalized spacial score (nSPS) is 14.1. The molecule has 0 radical (unpaired) electrons. The summed E-state index contributed by atoms with van der Waals surface area (Å²) >= 11 is 0. The van der Waals surface area contributed by atoms with E-state index >= 15 is 0 Å². The van der Waals surface area contributed by atoms with Crippen molar-refractivity contribution in [1.82, 2.24) is 0 Å². The van der Waals surface area contributed by atoms with Gasteiger partial charge in [-0.25, -0.2) is 0 Å². The number of anilines is 3. The Labute approximate surface area is 435 Å². The van der Waals surface area contributed by atoms with Crippen LogP contribution in [0.4, 0.5) is 17.1 Å². The smallest absolute Gasteiger partial charge is 0.140 e. The Balaban J connectivity index is 0.873. The minimum Gasteiger partial charge on any atom is -0.456 e. The summed E-state index contributed by atoms with van der Waals surface area (Å²) in [6.07, 6.45) is 0. The van der Waals surface area contributed by atoms with Crippen molar-refractivity contribution in [3.63, 3.8) is 0 Å². The van der Waals surface area contributed by atoms with Gasteiger partial charge in [-0.15, -0.1) is 0 Å². The van der Waals surface area contributed by atoms with Crippen LogP contribution in [-0.2, 0) is 10.8 Å². The molecule has 13 aromatic rings. The summed E-state index contributed by atoms with van der Waals surface area (Å²) < 4.78 is 13.6. The van der Waals surface area contributed by atoms with Crippen molar-refractivity contribution >= 4 is 60.5 Å². The molecule has 0 saturated heterocycles. The number of nitrogens with zero attached hydrogens (tertiary/aromatic N) is 1. The summed E-state index contributed by atoms with van der Waals surface area (Å²) in [7, 11) is 0. The molecular formula is C72H47NO2. The van der Waals surface area contributed by atoms with Gasteiger partial charge in [-0.05, 0) is 138 Å². The van der Waals surface area contributed by atoms with E-state index in [9.17, 15) is 0 Å². The van der Waals surface area contributed by atoms with Gasteiger partial charge in [-0.3, -0.25) is 0 Å². The zero-order valence-corrected chi connectivity index (χ0v) is 41.4. The summed E-state index contributed by atoms with van der Waals surface area (Å²) in [6, 6.07) is 91.6. The maximum Gasteiger partial charge on any atom is 0.140 e. The average molecular weight is 958 g/mol. The highest BCUT2D eigenvalue weighted by molar-refractivity contribution is 6.06. The molecule has 2 heterocycles. The van der Waals surface area contributed by atoms with E-state index in [1.807, 2.05) is 12.1 Å². The van der Waals surface area contributed by atoms with Crippen molar-refractivity contribution in [3.8, 4) is 56.0 Å². The van der Waals surface area contributed by atoms with Crippen LogP contribution < -0.4 is 9.64 Å². The number of hydrogen-bond acceptors (Lipinski definition) is 3. The van der Waals surface area contributed by atoms with Crippen molar-refractivity contribution < 1.29 is 9.15 Å². The first-order valence-corrected chi connectivity index (χ1v) is 26.1. The number of furan rings is 1. The molecule has 0 atom stereocenters. The van der Waals surface area contributed by atoms with Gasteiger partial charge in [0.2, 0.25) is 0 Å². The largest absolute Gasteiger partial charge is 0.456 e. The van der Waals surface area contributed by atoms with Gasteiger partial charge in [0.25, 0.3) is 0 Å². The quantitative estimate of drug-likeness (QED) is 0.172. The van der Waals surface area contributed by atoms with Crippen LogP contribution in [0.2, 0.25) is 0 Å². The minimum absolute atomic E-state index is 0.103. The van der Waals surface area contributed by atoms with Gasteiger partial charge in [0.05, 0.1) is 5.41 Å². The van der Waals surface area contributed by atoms with E-state index in [1.54, 1.807) is 0 Å². The molecule has 3 aliphatic rings. The van der Waals surface area contributed by atoms with Gasteiger partial charge in [0.1, 0.15) is 22.7 Å². The summed E-state index contributed by atoms with van der Waals surface area (Å²) in [6.45, 7) is 4.70. The average Bonchev–Trinajstić information content (AvgIpc) is 4.16. The lowest BCUT2D eigenvalue weighted by Gasteiger charge is -2.40. The second-order valence-corrected chi connectivity index (χ2v) is 21.1. The number of rotatable bonds is 5. The molecule has 0 amide bonds. The van der Waals surface area contributed by atoms with Crippen LogP contribution in [0.1, 0.15) is 47.2 Å². The van der Waals surface area contributed by atoms with Crippen LogP contribution in [0.25, 0.3) is 88.0 Å². The third kappa shape index (κ3) is 5.92. The molecular weight excluding hydrogens is 911 g/mol. The van der Waals surface area contributed by atoms with Gasteiger partial charge in [0, 0.05) is 55.1 Å².